The topological polar surface area (TPSA) is 44.4 Å². The van der Waals surface area contributed by atoms with Gasteiger partial charge in [-0.2, -0.15) is 0 Å². The molecule has 2 fully saturated rings. The number of benzene rings is 1. The molecule has 21 heavy (non-hydrogen) atoms. The van der Waals surface area contributed by atoms with Crippen molar-refractivity contribution in [2.75, 3.05) is 32.7 Å². The second kappa shape index (κ2) is 6.48. The molecule has 2 N–H and O–H groups in total. The van der Waals surface area contributed by atoms with E-state index in [0.29, 0.717) is 0 Å². The zero-order valence-corrected chi connectivity index (χ0v) is 12.6. The van der Waals surface area contributed by atoms with Gasteiger partial charge in [0.25, 0.3) is 0 Å². The van der Waals surface area contributed by atoms with Crippen molar-refractivity contribution < 1.29 is 4.79 Å². The first-order valence-corrected chi connectivity index (χ1v) is 8.09. The smallest absolute Gasteiger partial charge is 0.317 e. The minimum absolute atomic E-state index is 0.0960. The number of urea groups is 1. The molecule has 1 aromatic rings. The third-order valence-corrected chi connectivity index (χ3v) is 4.93. The first-order valence-electron chi connectivity index (χ1n) is 8.09. The van der Waals surface area contributed by atoms with Gasteiger partial charge in [0.15, 0.2) is 0 Å². The Morgan fingerprint density at radius 1 is 1.14 bits per heavy atom. The summed E-state index contributed by atoms with van der Waals surface area (Å²) >= 11 is 0. The molecule has 3 rings (SSSR count). The normalized spacial score (nSPS) is 21.2. The Morgan fingerprint density at radius 2 is 1.81 bits per heavy atom. The van der Waals surface area contributed by atoms with Gasteiger partial charge in [0.2, 0.25) is 0 Å². The Hall–Kier alpha value is -1.55. The van der Waals surface area contributed by atoms with Crippen LogP contribution in [0.3, 0.4) is 0 Å². The highest BCUT2D eigenvalue weighted by molar-refractivity contribution is 5.74. The summed E-state index contributed by atoms with van der Waals surface area (Å²) in [6, 6.07) is 10.8. The standard InChI is InChI=1S/C17H25N3O/c21-16(20-12-10-18-11-13-20)19-14-17(8-4-5-9-17)15-6-2-1-3-7-15/h1-3,6-7,18H,4-5,8-14H2,(H,19,21). The van der Waals surface area contributed by atoms with Crippen LogP contribution in [0, 0.1) is 0 Å². The second-order valence-corrected chi connectivity index (χ2v) is 6.25. The molecule has 1 aliphatic carbocycles. The maximum Gasteiger partial charge on any atom is 0.317 e. The number of hydrogen-bond donors (Lipinski definition) is 2. The van der Waals surface area contributed by atoms with Crippen molar-refractivity contribution in [2.24, 2.45) is 0 Å². The molecule has 0 spiro atoms. The number of carbonyl (C=O) groups is 1. The lowest BCUT2D eigenvalue weighted by atomic mass is 9.79. The van der Waals surface area contributed by atoms with Crippen LogP contribution in [0.1, 0.15) is 31.2 Å². The second-order valence-electron chi connectivity index (χ2n) is 6.25. The number of piperazine rings is 1. The van der Waals surface area contributed by atoms with E-state index in [2.05, 4.69) is 41.0 Å². The van der Waals surface area contributed by atoms with E-state index in [4.69, 9.17) is 0 Å². The summed E-state index contributed by atoms with van der Waals surface area (Å²) in [7, 11) is 0. The molecular formula is C17H25N3O. The number of carbonyl (C=O) groups excluding carboxylic acids is 1. The molecule has 4 nitrogen and oxygen atoms in total. The molecule has 1 heterocycles. The highest BCUT2D eigenvalue weighted by Gasteiger charge is 2.36. The zero-order chi connectivity index (χ0) is 14.5. The Kier molecular flexibility index (Phi) is 4.44. The highest BCUT2D eigenvalue weighted by Crippen LogP contribution is 2.40. The molecule has 0 aromatic heterocycles. The molecule has 1 saturated heterocycles. The van der Waals surface area contributed by atoms with Crippen LogP contribution in [0.25, 0.3) is 0 Å². The molecule has 0 unspecified atom stereocenters. The molecule has 0 bridgehead atoms. The Labute approximate surface area is 126 Å². The van der Waals surface area contributed by atoms with Crippen LogP contribution in [0.15, 0.2) is 30.3 Å². The van der Waals surface area contributed by atoms with E-state index in [9.17, 15) is 4.79 Å². The summed E-state index contributed by atoms with van der Waals surface area (Å²) in [6.07, 6.45) is 4.88. The van der Waals surface area contributed by atoms with Crippen LogP contribution in [-0.2, 0) is 5.41 Å². The molecule has 4 heteroatoms. The minimum Gasteiger partial charge on any atom is -0.337 e. The summed E-state index contributed by atoms with van der Waals surface area (Å²) in [5, 5.41) is 6.47. The third-order valence-electron chi connectivity index (χ3n) is 4.93. The fraction of sp³-hybridized carbons (Fsp3) is 0.588. The monoisotopic (exact) mass is 287 g/mol. The van der Waals surface area contributed by atoms with Gasteiger partial charge in [-0.1, -0.05) is 43.2 Å². The van der Waals surface area contributed by atoms with Gasteiger partial charge in [0.05, 0.1) is 0 Å². The van der Waals surface area contributed by atoms with Gasteiger partial charge in [-0.3, -0.25) is 0 Å². The predicted molar refractivity (Wildman–Crippen MR) is 84.4 cm³/mol. The largest absolute Gasteiger partial charge is 0.337 e. The van der Waals surface area contributed by atoms with Crippen LogP contribution in [0.5, 0.6) is 0 Å². The highest BCUT2D eigenvalue weighted by atomic mass is 16.2. The van der Waals surface area contributed by atoms with Gasteiger partial charge in [-0.25, -0.2) is 4.79 Å². The minimum atomic E-state index is 0.0960. The van der Waals surface area contributed by atoms with Gasteiger partial charge >= 0.3 is 6.03 Å². The van der Waals surface area contributed by atoms with Gasteiger partial charge < -0.3 is 15.5 Å². The molecule has 1 aromatic carbocycles. The van der Waals surface area contributed by atoms with Crippen LogP contribution in [-0.4, -0.2) is 43.7 Å². The van der Waals surface area contributed by atoms with E-state index in [1.54, 1.807) is 0 Å². The summed E-state index contributed by atoms with van der Waals surface area (Å²) in [6.45, 7) is 4.18. The van der Waals surface area contributed by atoms with Crippen LogP contribution in [0.2, 0.25) is 0 Å². The average molecular weight is 287 g/mol. The van der Waals surface area contributed by atoms with E-state index in [1.165, 1.54) is 31.2 Å². The van der Waals surface area contributed by atoms with Gasteiger partial charge in [-0.05, 0) is 18.4 Å². The summed E-state index contributed by atoms with van der Waals surface area (Å²) in [5.41, 5.74) is 1.52. The molecule has 0 radical (unpaired) electrons. The molecule has 114 valence electrons. The average Bonchev–Trinajstić information content (AvgIpc) is 3.04. The predicted octanol–water partition coefficient (Wildman–Crippen LogP) is 2.11. The number of amides is 2. The summed E-state index contributed by atoms with van der Waals surface area (Å²) < 4.78 is 0. The summed E-state index contributed by atoms with van der Waals surface area (Å²) in [4.78, 5) is 14.2. The third kappa shape index (κ3) is 3.21. The number of nitrogens with zero attached hydrogens (tertiary/aromatic N) is 1. The van der Waals surface area contributed by atoms with Crippen molar-refractivity contribution in [3.05, 3.63) is 35.9 Å². The van der Waals surface area contributed by atoms with Crippen molar-refractivity contribution in [3.8, 4) is 0 Å². The molecule has 2 amide bonds. The molecule has 2 aliphatic rings. The SMILES string of the molecule is O=C(NCC1(c2ccccc2)CCCC1)N1CCNCC1. The fourth-order valence-electron chi connectivity index (χ4n) is 3.64. The number of hydrogen-bond acceptors (Lipinski definition) is 2. The number of rotatable bonds is 3. The van der Waals surface area contributed by atoms with Crippen molar-refractivity contribution >= 4 is 6.03 Å². The maximum atomic E-state index is 12.3. The van der Waals surface area contributed by atoms with E-state index in [0.717, 1.165) is 32.7 Å². The Bertz CT molecular complexity index is 462. The van der Waals surface area contributed by atoms with E-state index in [1.807, 2.05) is 4.90 Å². The van der Waals surface area contributed by atoms with Gasteiger partial charge in [0, 0.05) is 38.1 Å². The fourth-order valence-corrected chi connectivity index (χ4v) is 3.64. The van der Waals surface area contributed by atoms with E-state index >= 15 is 0 Å². The van der Waals surface area contributed by atoms with Crippen LogP contribution < -0.4 is 10.6 Å². The molecule has 1 aliphatic heterocycles. The van der Waals surface area contributed by atoms with Gasteiger partial charge in [0.1, 0.15) is 0 Å². The van der Waals surface area contributed by atoms with Crippen LogP contribution in [0.4, 0.5) is 4.79 Å². The summed E-state index contributed by atoms with van der Waals surface area (Å²) in [5.74, 6) is 0. The van der Waals surface area contributed by atoms with Gasteiger partial charge in [-0.15, -0.1) is 0 Å². The van der Waals surface area contributed by atoms with Crippen LogP contribution >= 0.6 is 0 Å². The van der Waals surface area contributed by atoms with Crippen molar-refractivity contribution in [1.29, 1.82) is 0 Å². The lowest BCUT2D eigenvalue weighted by Gasteiger charge is -2.33. The number of nitrogens with one attached hydrogen (secondary N) is 2. The van der Waals surface area contributed by atoms with E-state index in [-0.39, 0.29) is 11.4 Å². The quantitative estimate of drug-likeness (QED) is 0.894. The molecular weight excluding hydrogens is 262 g/mol. The first-order chi connectivity index (χ1) is 10.3. The lowest BCUT2D eigenvalue weighted by Crippen LogP contribution is -2.52. The van der Waals surface area contributed by atoms with Crippen molar-refractivity contribution in [2.45, 2.75) is 31.1 Å². The van der Waals surface area contributed by atoms with Crippen molar-refractivity contribution in [1.82, 2.24) is 15.5 Å². The lowest BCUT2D eigenvalue weighted by molar-refractivity contribution is 0.187. The Balaban J connectivity index is 1.64. The maximum absolute atomic E-state index is 12.3. The molecule has 1 saturated carbocycles. The Morgan fingerprint density at radius 3 is 2.48 bits per heavy atom. The van der Waals surface area contributed by atoms with E-state index < -0.39 is 0 Å². The zero-order valence-electron chi connectivity index (χ0n) is 12.6. The van der Waals surface area contributed by atoms with Crippen molar-refractivity contribution in [3.63, 3.8) is 0 Å². The first kappa shape index (κ1) is 14.4. The molecule has 0 atom stereocenters.